The van der Waals surface area contributed by atoms with Gasteiger partial charge in [0.05, 0.1) is 5.56 Å². The van der Waals surface area contributed by atoms with Crippen LogP contribution in [0.4, 0.5) is 5.82 Å². The second kappa shape index (κ2) is 6.11. The molecule has 0 aliphatic carbocycles. The van der Waals surface area contributed by atoms with Crippen molar-refractivity contribution in [2.75, 3.05) is 5.73 Å². The number of halogens is 1. The maximum atomic E-state index is 12.4. The van der Waals surface area contributed by atoms with Crippen LogP contribution >= 0.6 is 15.9 Å². The number of anilines is 1. The van der Waals surface area contributed by atoms with Gasteiger partial charge in [-0.25, -0.2) is 9.97 Å². The average molecular weight is 357 g/mol. The molecule has 3 aromatic rings. The summed E-state index contributed by atoms with van der Waals surface area (Å²) in [6, 6.07) is 9.82. The summed E-state index contributed by atoms with van der Waals surface area (Å²) in [7, 11) is 0. The van der Waals surface area contributed by atoms with Gasteiger partial charge in [-0.2, -0.15) is 0 Å². The van der Waals surface area contributed by atoms with E-state index in [4.69, 9.17) is 5.73 Å². The quantitative estimate of drug-likeness (QED) is 0.729. The predicted octanol–water partition coefficient (Wildman–Crippen LogP) is 2.90. The van der Waals surface area contributed by atoms with Crippen LogP contribution in [0.2, 0.25) is 0 Å². The van der Waals surface area contributed by atoms with Crippen molar-refractivity contribution in [1.82, 2.24) is 14.5 Å². The van der Waals surface area contributed by atoms with Crippen molar-refractivity contribution >= 4 is 27.5 Å². The lowest BCUT2D eigenvalue weighted by molar-refractivity contribution is 0.103. The van der Waals surface area contributed by atoms with E-state index < -0.39 is 0 Å². The Morgan fingerprint density at radius 3 is 2.95 bits per heavy atom. The van der Waals surface area contributed by atoms with E-state index in [0.717, 1.165) is 10.0 Å². The topological polar surface area (TPSA) is 73.8 Å². The summed E-state index contributed by atoms with van der Waals surface area (Å²) in [5.41, 5.74) is 7.75. The van der Waals surface area contributed by atoms with Crippen molar-refractivity contribution in [3.05, 3.63) is 76.4 Å². The zero-order chi connectivity index (χ0) is 15.5. The number of rotatable bonds is 4. The number of hydrogen-bond donors (Lipinski definition) is 1. The van der Waals surface area contributed by atoms with E-state index in [0.29, 0.717) is 17.7 Å². The molecule has 0 aliphatic heterocycles. The van der Waals surface area contributed by atoms with Gasteiger partial charge in [0.1, 0.15) is 12.1 Å². The van der Waals surface area contributed by atoms with Gasteiger partial charge >= 0.3 is 0 Å². The predicted molar refractivity (Wildman–Crippen MR) is 87.6 cm³/mol. The largest absolute Gasteiger partial charge is 0.383 e. The number of carbonyl (C=O) groups excluding carboxylic acids is 1. The summed E-state index contributed by atoms with van der Waals surface area (Å²) in [5.74, 6) is 0.0193. The van der Waals surface area contributed by atoms with Crippen LogP contribution in [0.1, 0.15) is 21.5 Å². The molecule has 0 amide bonds. The Morgan fingerprint density at radius 2 is 2.18 bits per heavy atom. The summed E-state index contributed by atoms with van der Waals surface area (Å²) >= 11 is 3.45. The standard InChI is InChI=1S/C16H13BrN4O/c17-13-3-1-2-11(6-13)8-21-5-4-12(9-21)15(22)14-7-19-10-20-16(14)18/h1-7,9-10H,8H2,(H2,18,19,20). The van der Waals surface area contributed by atoms with Gasteiger partial charge in [-0.1, -0.05) is 28.1 Å². The van der Waals surface area contributed by atoms with Gasteiger partial charge in [-0.3, -0.25) is 4.79 Å². The molecule has 0 fully saturated rings. The third kappa shape index (κ3) is 3.07. The van der Waals surface area contributed by atoms with Crippen LogP contribution in [0.25, 0.3) is 0 Å². The molecule has 2 heterocycles. The van der Waals surface area contributed by atoms with Gasteiger partial charge in [-0.15, -0.1) is 0 Å². The first-order chi connectivity index (χ1) is 10.6. The Balaban J connectivity index is 1.82. The van der Waals surface area contributed by atoms with Gasteiger partial charge < -0.3 is 10.3 Å². The maximum absolute atomic E-state index is 12.4. The van der Waals surface area contributed by atoms with Crippen molar-refractivity contribution in [1.29, 1.82) is 0 Å². The van der Waals surface area contributed by atoms with Crippen LogP contribution in [0.3, 0.4) is 0 Å². The van der Waals surface area contributed by atoms with E-state index in [1.54, 1.807) is 12.3 Å². The second-order valence-electron chi connectivity index (χ2n) is 4.85. The van der Waals surface area contributed by atoms with Crippen molar-refractivity contribution < 1.29 is 4.79 Å². The fraction of sp³-hybridized carbons (Fsp3) is 0.0625. The summed E-state index contributed by atoms with van der Waals surface area (Å²) in [6.45, 7) is 0.688. The highest BCUT2D eigenvalue weighted by Crippen LogP contribution is 2.16. The molecule has 110 valence electrons. The maximum Gasteiger partial charge on any atom is 0.199 e. The molecule has 0 spiro atoms. The lowest BCUT2D eigenvalue weighted by Gasteiger charge is -2.04. The molecule has 0 saturated heterocycles. The Bertz CT molecular complexity index is 828. The first kappa shape index (κ1) is 14.5. The highest BCUT2D eigenvalue weighted by molar-refractivity contribution is 9.10. The Morgan fingerprint density at radius 1 is 1.32 bits per heavy atom. The fourth-order valence-electron chi connectivity index (χ4n) is 2.19. The third-order valence-corrected chi connectivity index (χ3v) is 3.75. The lowest BCUT2D eigenvalue weighted by atomic mass is 10.1. The van der Waals surface area contributed by atoms with E-state index >= 15 is 0 Å². The minimum Gasteiger partial charge on any atom is -0.383 e. The molecule has 0 radical (unpaired) electrons. The van der Waals surface area contributed by atoms with E-state index in [1.165, 1.54) is 12.5 Å². The molecule has 5 nitrogen and oxygen atoms in total. The second-order valence-corrected chi connectivity index (χ2v) is 5.77. The van der Waals surface area contributed by atoms with E-state index in [1.807, 2.05) is 35.0 Å². The molecule has 2 aromatic heterocycles. The zero-order valence-corrected chi connectivity index (χ0v) is 13.2. The molecule has 22 heavy (non-hydrogen) atoms. The van der Waals surface area contributed by atoms with E-state index in [2.05, 4.69) is 25.9 Å². The van der Waals surface area contributed by atoms with Crippen LogP contribution in [0.5, 0.6) is 0 Å². The summed E-state index contributed by atoms with van der Waals surface area (Å²) < 4.78 is 2.98. The number of nitrogen functional groups attached to an aromatic ring is 1. The highest BCUT2D eigenvalue weighted by Gasteiger charge is 2.14. The number of carbonyl (C=O) groups is 1. The smallest absolute Gasteiger partial charge is 0.199 e. The molecule has 1 aromatic carbocycles. The summed E-state index contributed by atoms with van der Waals surface area (Å²) in [4.78, 5) is 20.1. The minimum absolute atomic E-state index is 0.175. The van der Waals surface area contributed by atoms with Crippen LogP contribution in [-0.2, 0) is 6.54 Å². The van der Waals surface area contributed by atoms with Crippen LogP contribution in [0, 0.1) is 0 Å². The van der Waals surface area contributed by atoms with Crippen LogP contribution in [-0.4, -0.2) is 20.3 Å². The van der Waals surface area contributed by atoms with Crippen molar-refractivity contribution in [3.8, 4) is 0 Å². The molecule has 0 atom stereocenters. The van der Waals surface area contributed by atoms with Crippen molar-refractivity contribution in [2.24, 2.45) is 0 Å². The molecule has 0 aliphatic rings. The molecular formula is C16H13BrN4O. The first-order valence-electron chi connectivity index (χ1n) is 6.64. The Kier molecular flexibility index (Phi) is 4.02. The molecule has 0 bridgehead atoms. The number of hydrogen-bond acceptors (Lipinski definition) is 4. The van der Waals surface area contributed by atoms with E-state index in [9.17, 15) is 4.79 Å². The highest BCUT2D eigenvalue weighted by atomic mass is 79.9. The van der Waals surface area contributed by atoms with Gasteiger partial charge in [0.25, 0.3) is 0 Å². The van der Waals surface area contributed by atoms with Crippen LogP contribution in [0.15, 0.2) is 59.7 Å². The summed E-state index contributed by atoms with van der Waals surface area (Å²) in [6.07, 6.45) is 6.44. The number of nitrogens with two attached hydrogens (primary N) is 1. The number of aromatic nitrogens is 3. The SMILES string of the molecule is Nc1ncncc1C(=O)c1ccn(Cc2cccc(Br)c2)c1. The summed E-state index contributed by atoms with van der Waals surface area (Å²) in [5, 5.41) is 0. The molecule has 6 heteroatoms. The molecule has 3 rings (SSSR count). The van der Waals surface area contributed by atoms with Crippen molar-refractivity contribution in [3.63, 3.8) is 0 Å². The minimum atomic E-state index is -0.175. The van der Waals surface area contributed by atoms with E-state index in [-0.39, 0.29) is 11.6 Å². The third-order valence-electron chi connectivity index (χ3n) is 3.25. The average Bonchev–Trinajstić information content (AvgIpc) is 2.95. The monoisotopic (exact) mass is 356 g/mol. The molecule has 0 unspecified atom stereocenters. The number of nitrogens with zero attached hydrogens (tertiary/aromatic N) is 3. The number of benzene rings is 1. The Hall–Kier alpha value is -2.47. The lowest BCUT2D eigenvalue weighted by Crippen LogP contribution is -2.07. The number of ketones is 1. The van der Waals surface area contributed by atoms with Crippen molar-refractivity contribution in [2.45, 2.75) is 6.54 Å². The molecule has 2 N–H and O–H groups in total. The fourth-order valence-corrected chi connectivity index (χ4v) is 2.64. The van der Waals surface area contributed by atoms with Gasteiger partial charge in [0, 0.05) is 35.2 Å². The first-order valence-corrected chi connectivity index (χ1v) is 7.43. The zero-order valence-electron chi connectivity index (χ0n) is 11.6. The van der Waals surface area contributed by atoms with Crippen LogP contribution < -0.4 is 5.73 Å². The Labute approximate surface area is 136 Å². The molecule has 0 saturated carbocycles. The molecular weight excluding hydrogens is 344 g/mol. The normalized spacial score (nSPS) is 10.6. The van der Waals surface area contributed by atoms with Gasteiger partial charge in [0.2, 0.25) is 0 Å². The van der Waals surface area contributed by atoms with Gasteiger partial charge in [0.15, 0.2) is 5.78 Å². The van der Waals surface area contributed by atoms with Gasteiger partial charge in [-0.05, 0) is 23.8 Å².